The van der Waals surface area contributed by atoms with Gasteiger partial charge in [-0.3, -0.25) is 0 Å². The van der Waals surface area contributed by atoms with Crippen LogP contribution in [0.25, 0.3) is 104 Å². The maximum Gasteiger partial charge on any atom is 0.143 e. The summed E-state index contributed by atoms with van der Waals surface area (Å²) in [6, 6.07) is 77.9. The number of anilines is 3. The van der Waals surface area contributed by atoms with E-state index in [1.54, 1.807) is 0 Å². The maximum atomic E-state index is 6.72. The van der Waals surface area contributed by atoms with Crippen LogP contribution in [0.1, 0.15) is 0 Å². The van der Waals surface area contributed by atoms with Gasteiger partial charge in [0.2, 0.25) is 0 Å². The summed E-state index contributed by atoms with van der Waals surface area (Å²) < 4.78 is 15.6. The lowest BCUT2D eigenvalue weighted by Gasteiger charge is -2.26. The summed E-state index contributed by atoms with van der Waals surface area (Å²) in [7, 11) is 0. The maximum absolute atomic E-state index is 6.72. The van der Waals surface area contributed by atoms with Crippen LogP contribution < -0.4 is 4.90 Å². The smallest absolute Gasteiger partial charge is 0.143 e. The monoisotopic (exact) mass is 792 g/mol. The standard InChI is InChI=1S/C58H36N2O2/c1-2-14-40(15-3-1)60-50-22-8-6-18-48(50)55-43(19-11-23-51(55)60)38-27-32-41(33-28-38)59(52-24-12-26-54-56(52)49-36-31-37-13-4-5-16-44(37)58(49)62-54)42-34-29-39(30-35-42)45-20-10-21-47-46-17-7-9-25-53(46)61-57(45)47/h1-36H. The van der Waals surface area contributed by atoms with E-state index in [1.165, 1.54) is 27.4 Å². The predicted molar refractivity (Wildman–Crippen MR) is 258 cm³/mol. The van der Waals surface area contributed by atoms with E-state index in [-0.39, 0.29) is 0 Å². The molecule has 4 nitrogen and oxygen atoms in total. The summed E-state index contributed by atoms with van der Waals surface area (Å²) in [5, 5.41) is 9.15. The number of hydrogen-bond donors (Lipinski definition) is 0. The summed E-state index contributed by atoms with van der Waals surface area (Å²) in [5.74, 6) is 0. The lowest BCUT2D eigenvalue weighted by molar-refractivity contribution is 0.670. The SMILES string of the molecule is c1ccc(-n2c3ccccc3c3c(-c4ccc(N(c5ccc(-c6cccc7c6oc6ccccc67)cc5)c5cccc6oc7c8ccccc8ccc7c56)cc4)cccc32)cc1. The Morgan fingerprint density at radius 1 is 0.339 bits per heavy atom. The first-order valence-corrected chi connectivity index (χ1v) is 21.1. The zero-order chi connectivity index (χ0) is 40.7. The second-order valence-electron chi connectivity index (χ2n) is 16.0. The van der Waals surface area contributed by atoms with Crippen molar-refractivity contribution >= 4 is 93.5 Å². The molecule has 0 aliphatic heterocycles. The van der Waals surface area contributed by atoms with Gasteiger partial charge in [0.25, 0.3) is 0 Å². The van der Waals surface area contributed by atoms with E-state index >= 15 is 0 Å². The van der Waals surface area contributed by atoms with Crippen molar-refractivity contribution in [2.75, 3.05) is 4.90 Å². The fraction of sp³-hybridized carbons (Fsp3) is 0. The highest BCUT2D eigenvalue weighted by atomic mass is 16.3. The first-order valence-electron chi connectivity index (χ1n) is 21.1. The molecule has 290 valence electrons. The number of nitrogens with zero attached hydrogens (tertiary/aromatic N) is 2. The topological polar surface area (TPSA) is 34.5 Å². The molecule has 3 aromatic heterocycles. The van der Waals surface area contributed by atoms with E-state index in [1.807, 2.05) is 12.1 Å². The second kappa shape index (κ2) is 13.6. The van der Waals surface area contributed by atoms with Gasteiger partial charge in [-0.2, -0.15) is 0 Å². The summed E-state index contributed by atoms with van der Waals surface area (Å²) in [4.78, 5) is 2.36. The Balaban J connectivity index is 0.986. The summed E-state index contributed by atoms with van der Waals surface area (Å²) in [6.07, 6.45) is 0. The molecule has 10 aromatic carbocycles. The van der Waals surface area contributed by atoms with Gasteiger partial charge in [-0.25, -0.2) is 0 Å². The van der Waals surface area contributed by atoms with Gasteiger partial charge >= 0.3 is 0 Å². The third kappa shape index (κ3) is 5.20. The van der Waals surface area contributed by atoms with Crippen molar-refractivity contribution in [3.63, 3.8) is 0 Å². The zero-order valence-corrected chi connectivity index (χ0v) is 33.5. The van der Waals surface area contributed by atoms with Gasteiger partial charge in [0, 0.05) is 54.9 Å². The van der Waals surface area contributed by atoms with Crippen LogP contribution in [0.5, 0.6) is 0 Å². The second-order valence-corrected chi connectivity index (χ2v) is 16.0. The quantitative estimate of drug-likeness (QED) is 0.168. The third-order valence-corrected chi connectivity index (χ3v) is 12.6. The van der Waals surface area contributed by atoms with E-state index in [0.29, 0.717) is 0 Å². The average molecular weight is 793 g/mol. The van der Waals surface area contributed by atoms with Crippen LogP contribution in [0.3, 0.4) is 0 Å². The Kier molecular flexibility index (Phi) is 7.57. The number of para-hydroxylation sites is 4. The minimum Gasteiger partial charge on any atom is -0.455 e. The van der Waals surface area contributed by atoms with Crippen molar-refractivity contribution in [2.45, 2.75) is 0 Å². The fourth-order valence-corrected chi connectivity index (χ4v) is 9.82. The van der Waals surface area contributed by atoms with Gasteiger partial charge in [0.05, 0.1) is 22.1 Å². The lowest BCUT2D eigenvalue weighted by Crippen LogP contribution is -2.10. The average Bonchev–Trinajstić information content (AvgIpc) is 4.03. The molecule has 0 saturated heterocycles. The van der Waals surface area contributed by atoms with Crippen LogP contribution in [0.4, 0.5) is 17.1 Å². The Hall–Kier alpha value is -8.34. The molecule has 4 heteroatoms. The Morgan fingerprint density at radius 2 is 0.935 bits per heavy atom. The fourth-order valence-electron chi connectivity index (χ4n) is 9.82. The molecule has 13 rings (SSSR count). The molecule has 0 bridgehead atoms. The van der Waals surface area contributed by atoms with Gasteiger partial charge < -0.3 is 18.3 Å². The minimum absolute atomic E-state index is 0.852. The molecule has 0 aliphatic carbocycles. The van der Waals surface area contributed by atoms with E-state index in [2.05, 4.69) is 216 Å². The van der Waals surface area contributed by atoms with E-state index in [9.17, 15) is 0 Å². The zero-order valence-electron chi connectivity index (χ0n) is 33.5. The van der Waals surface area contributed by atoms with Crippen molar-refractivity contribution in [1.82, 2.24) is 4.57 Å². The molecule has 0 fully saturated rings. The number of rotatable bonds is 6. The van der Waals surface area contributed by atoms with Crippen molar-refractivity contribution in [2.24, 2.45) is 0 Å². The van der Waals surface area contributed by atoms with E-state index in [4.69, 9.17) is 8.83 Å². The van der Waals surface area contributed by atoms with Gasteiger partial charge in [-0.05, 0) is 94.9 Å². The van der Waals surface area contributed by atoms with Gasteiger partial charge in [0.1, 0.15) is 22.3 Å². The van der Waals surface area contributed by atoms with E-state index < -0.39 is 0 Å². The molecular formula is C58H36N2O2. The first kappa shape index (κ1) is 34.5. The largest absolute Gasteiger partial charge is 0.455 e. The van der Waals surface area contributed by atoms with Crippen molar-refractivity contribution in [3.05, 3.63) is 218 Å². The normalized spacial score (nSPS) is 11.9. The third-order valence-electron chi connectivity index (χ3n) is 12.6. The molecule has 3 heterocycles. The number of fused-ring (bicyclic) bond motifs is 11. The molecule has 0 spiro atoms. The highest BCUT2D eigenvalue weighted by molar-refractivity contribution is 6.20. The van der Waals surface area contributed by atoms with Crippen molar-refractivity contribution < 1.29 is 8.83 Å². The van der Waals surface area contributed by atoms with Crippen LogP contribution in [-0.2, 0) is 0 Å². The molecule has 0 radical (unpaired) electrons. The van der Waals surface area contributed by atoms with Gasteiger partial charge in [-0.1, -0.05) is 146 Å². The van der Waals surface area contributed by atoms with Crippen LogP contribution in [0.15, 0.2) is 227 Å². The molecule has 0 unspecified atom stereocenters. The van der Waals surface area contributed by atoms with Crippen LogP contribution in [-0.4, -0.2) is 4.57 Å². The van der Waals surface area contributed by atoms with Crippen LogP contribution >= 0.6 is 0 Å². The highest BCUT2D eigenvalue weighted by Gasteiger charge is 2.22. The summed E-state index contributed by atoms with van der Waals surface area (Å²) in [5.41, 5.74) is 14.7. The Morgan fingerprint density at radius 3 is 1.76 bits per heavy atom. The number of aromatic nitrogens is 1. The number of hydrogen-bond acceptors (Lipinski definition) is 3. The molecule has 0 amide bonds. The first-order chi connectivity index (χ1) is 30.8. The minimum atomic E-state index is 0.852. The molecular weight excluding hydrogens is 757 g/mol. The van der Waals surface area contributed by atoms with Crippen LogP contribution in [0.2, 0.25) is 0 Å². The van der Waals surface area contributed by atoms with E-state index in [0.717, 1.165) is 94.1 Å². The summed E-state index contributed by atoms with van der Waals surface area (Å²) in [6.45, 7) is 0. The summed E-state index contributed by atoms with van der Waals surface area (Å²) >= 11 is 0. The van der Waals surface area contributed by atoms with Crippen LogP contribution in [0, 0.1) is 0 Å². The molecule has 13 aromatic rings. The Bertz CT molecular complexity index is 3850. The number of furan rings is 2. The molecule has 0 N–H and O–H groups in total. The number of benzene rings is 10. The van der Waals surface area contributed by atoms with Gasteiger partial charge in [-0.15, -0.1) is 0 Å². The van der Waals surface area contributed by atoms with Gasteiger partial charge in [0.15, 0.2) is 0 Å². The molecule has 62 heavy (non-hydrogen) atoms. The van der Waals surface area contributed by atoms with Crippen molar-refractivity contribution in [1.29, 1.82) is 0 Å². The Labute approximate surface area is 356 Å². The molecule has 0 aliphatic rings. The van der Waals surface area contributed by atoms with Crippen molar-refractivity contribution in [3.8, 4) is 27.9 Å². The lowest BCUT2D eigenvalue weighted by atomic mass is 9.98. The highest BCUT2D eigenvalue weighted by Crippen LogP contribution is 2.46. The molecule has 0 saturated carbocycles. The predicted octanol–water partition coefficient (Wildman–Crippen LogP) is 16.5. The molecule has 0 atom stereocenters.